The van der Waals surface area contributed by atoms with Gasteiger partial charge in [-0.25, -0.2) is 16.8 Å². The van der Waals surface area contributed by atoms with Crippen LogP contribution in [-0.2, 0) is 19.9 Å². The molecule has 1 saturated heterocycles. The van der Waals surface area contributed by atoms with Gasteiger partial charge in [-0.2, -0.15) is 4.31 Å². The van der Waals surface area contributed by atoms with E-state index in [1.807, 2.05) is 0 Å². The highest BCUT2D eigenvalue weighted by molar-refractivity contribution is 7.92. The number of sulfonamides is 1. The van der Waals surface area contributed by atoms with Crippen molar-refractivity contribution in [2.24, 2.45) is 0 Å². The zero-order valence-electron chi connectivity index (χ0n) is 11.7. The summed E-state index contributed by atoms with van der Waals surface area (Å²) >= 11 is 0. The van der Waals surface area contributed by atoms with Crippen molar-refractivity contribution in [1.82, 2.24) is 4.31 Å². The molecule has 0 aromatic heterocycles. The van der Waals surface area contributed by atoms with E-state index in [0.29, 0.717) is 12.8 Å². The average Bonchev–Trinajstić information content (AvgIpc) is 2.38. The number of aliphatic hydroxyl groups excluding tert-OH is 1. The predicted octanol–water partition coefficient (Wildman–Crippen LogP) is 0.129. The van der Waals surface area contributed by atoms with Crippen LogP contribution in [0.2, 0.25) is 0 Å². The Kier molecular flexibility index (Phi) is 4.78. The van der Waals surface area contributed by atoms with E-state index in [2.05, 4.69) is 0 Å². The largest absolute Gasteiger partial charge is 0.391 e. The lowest BCUT2D eigenvalue weighted by Crippen LogP contribution is -2.50. The molecule has 0 aromatic carbocycles. The van der Waals surface area contributed by atoms with Gasteiger partial charge in [-0.1, -0.05) is 12.8 Å². The highest BCUT2D eigenvalue weighted by atomic mass is 32.2. The number of rotatable bonds is 3. The molecule has 1 N–H and O–H groups in total. The summed E-state index contributed by atoms with van der Waals surface area (Å²) in [6, 6.07) is -0.368. The summed E-state index contributed by atoms with van der Waals surface area (Å²) in [6.45, 7) is 0. The third-order valence-corrected chi connectivity index (χ3v) is 8.59. The van der Waals surface area contributed by atoms with Crippen molar-refractivity contribution in [3.05, 3.63) is 0 Å². The Labute approximate surface area is 121 Å². The number of aliphatic hydroxyl groups is 1. The Hall–Kier alpha value is -0.180. The van der Waals surface area contributed by atoms with E-state index in [1.165, 1.54) is 11.4 Å². The molecule has 8 heteroatoms. The number of hydrogen-bond acceptors (Lipinski definition) is 5. The molecule has 0 amide bonds. The fourth-order valence-electron chi connectivity index (χ4n) is 3.11. The molecule has 6 nitrogen and oxygen atoms in total. The first kappa shape index (κ1) is 16.2. The summed E-state index contributed by atoms with van der Waals surface area (Å²) in [5.74, 6) is -0.115. The van der Waals surface area contributed by atoms with Gasteiger partial charge in [-0.3, -0.25) is 0 Å². The molecule has 1 heterocycles. The summed E-state index contributed by atoms with van der Waals surface area (Å²) in [7, 11) is -5.09. The molecule has 1 aliphatic carbocycles. The molecule has 2 unspecified atom stereocenters. The van der Waals surface area contributed by atoms with Crippen molar-refractivity contribution in [3.63, 3.8) is 0 Å². The van der Waals surface area contributed by atoms with E-state index < -0.39 is 31.2 Å². The lowest BCUT2D eigenvalue weighted by Gasteiger charge is -2.37. The van der Waals surface area contributed by atoms with Crippen molar-refractivity contribution < 1.29 is 21.9 Å². The van der Waals surface area contributed by atoms with Gasteiger partial charge in [0.2, 0.25) is 10.0 Å². The zero-order valence-corrected chi connectivity index (χ0v) is 13.4. The Balaban J connectivity index is 2.09. The number of nitrogens with zero attached hydrogens (tertiary/aromatic N) is 1. The molecular weight excluding hydrogens is 302 g/mol. The van der Waals surface area contributed by atoms with E-state index in [0.717, 1.165) is 12.8 Å². The van der Waals surface area contributed by atoms with Gasteiger partial charge in [0.15, 0.2) is 0 Å². The minimum atomic E-state index is -3.54. The van der Waals surface area contributed by atoms with E-state index in [1.54, 1.807) is 0 Å². The molecule has 1 saturated carbocycles. The van der Waals surface area contributed by atoms with E-state index in [4.69, 9.17) is 0 Å². The van der Waals surface area contributed by atoms with Crippen molar-refractivity contribution in [3.8, 4) is 0 Å². The second-order valence-corrected chi connectivity index (χ2v) is 10.4. The van der Waals surface area contributed by atoms with Crippen LogP contribution < -0.4 is 0 Å². The standard InChI is InChI=1S/C12H23NO5S2/c1-13(11-4-2-3-5-12(11)14)20(17,18)10-6-8-19(15,16)9-7-10/h10-12,14H,2-9H2,1H3. The quantitative estimate of drug-likeness (QED) is 0.796. The van der Waals surface area contributed by atoms with Gasteiger partial charge in [-0.15, -0.1) is 0 Å². The van der Waals surface area contributed by atoms with Crippen LogP contribution in [0.15, 0.2) is 0 Å². The molecule has 2 fully saturated rings. The maximum Gasteiger partial charge on any atom is 0.217 e. The van der Waals surface area contributed by atoms with Crippen molar-refractivity contribution >= 4 is 19.9 Å². The van der Waals surface area contributed by atoms with Gasteiger partial charge in [0.1, 0.15) is 9.84 Å². The van der Waals surface area contributed by atoms with Gasteiger partial charge in [0, 0.05) is 7.05 Å². The summed E-state index contributed by atoms with van der Waals surface area (Å²) in [6.07, 6.45) is 2.85. The number of sulfone groups is 1. The molecule has 0 aromatic rings. The van der Waals surface area contributed by atoms with Crippen LogP contribution >= 0.6 is 0 Å². The topological polar surface area (TPSA) is 91.8 Å². The van der Waals surface area contributed by atoms with Crippen LogP contribution in [-0.4, -0.2) is 62.2 Å². The first-order valence-electron chi connectivity index (χ1n) is 7.09. The van der Waals surface area contributed by atoms with Crippen molar-refractivity contribution in [2.75, 3.05) is 18.6 Å². The van der Waals surface area contributed by atoms with Gasteiger partial charge < -0.3 is 5.11 Å². The third kappa shape index (κ3) is 3.35. The Morgan fingerprint density at radius 3 is 2.15 bits per heavy atom. The van der Waals surface area contributed by atoms with E-state index in [9.17, 15) is 21.9 Å². The first-order chi connectivity index (χ1) is 9.24. The molecule has 0 radical (unpaired) electrons. The van der Waals surface area contributed by atoms with Crippen LogP contribution in [0.4, 0.5) is 0 Å². The van der Waals surface area contributed by atoms with Gasteiger partial charge in [-0.05, 0) is 25.7 Å². The highest BCUT2D eigenvalue weighted by Crippen LogP contribution is 2.28. The van der Waals surface area contributed by atoms with Crippen LogP contribution in [0, 0.1) is 0 Å². The molecule has 2 atom stereocenters. The smallest absolute Gasteiger partial charge is 0.217 e. The Morgan fingerprint density at radius 1 is 1.05 bits per heavy atom. The lowest BCUT2D eigenvalue weighted by molar-refractivity contribution is 0.0633. The fraction of sp³-hybridized carbons (Fsp3) is 1.00. The molecule has 118 valence electrons. The molecular formula is C12H23NO5S2. The van der Waals surface area contributed by atoms with Gasteiger partial charge in [0.05, 0.1) is 28.9 Å². The maximum absolute atomic E-state index is 12.6. The van der Waals surface area contributed by atoms with Crippen molar-refractivity contribution in [2.45, 2.75) is 55.9 Å². The Bertz CT molecular complexity index is 528. The monoisotopic (exact) mass is 325 g/mol. The minimum absolute atomic E-state index is 0.0576. The third-order valence-electron chi connectivity index (χ3n) is 4.49. The van der Waals surface area contributed by atoms with E-state index >= 15 is 0 Å². The average molecular weight is 325 g/mol. The lowest BCUT2D eigenvalue weighted by atomic mass is 9.93. The second kappa shape index (κ2) is 5.90. The summed E-state index contributed by atoms with van der Waals surface area (Å²) in [4.78, 5) is 0. The maximum atomic E-state index is 12.6. The summed E-state index contributed by atoms with van der Waals surface area (Å²) < 4.78 is 49.2. The second-order valence-electron chi connectivity index (χ2n) is 5.83. The SMILES string of the molecule is CN(C1CCCCC1O)S(=O)(=O)C1CCS(=O)(=O)CC1. The molecule has 1 aliphatic heterocycles. The van der Waals surface area contributed by atoms with Crippen LogP contribution in [0.1, 0.15) is 38.5 Å². The van der Waals surface area contributed by atoms with Gasteiger partial charge >= 0.3 is 0 Å². The highest BCUT2D eigenvalue weighted by Gasteiger charge is 2.40. The van der Waals surface area contributed by atoms with E-state index in [-0.39, 0.29) is 30.4 Å². The Morgan fingerprint density at radius 2 is 1.60 bits per heavy atom. The molecule has 0 bridgehead atoms. The van der Waals surface area contributed by atoms with Crippen molar-refractivity contribution in [1.29, 1.82) is 0 Å². The number of likely N-dealkylation sites (N-methyl/N-ethyl adjacent to an activating group) is 1. The van der Waals surface area contributed by atoms with Crippen LogP contribution in [0.25, 0.3) is 0 Å². The molecule has 2 rings (SSSR count). The van der Waals surface area contributed by atoms with Crippen LogP contribution in [0.3, 0.4) is 0 Å². The number of hydrogen-bond donors (Lipinski definition) is 1. The minimum Gasteiger partial charge on any atom is -0.391 e. The fourth-order valence-corrected chi connectivity index (χ4v) is 6.82. The summed E-state index contributed by atoms with van der Waals surface area (Å²) in [5.41, 5.74) is 0. The molecule has 2 aliphatic rings. The van der Waals surface area contributed by atoms with Crippen LogP contribution in [0.5, 0.6) is 0 Å². The molecule has 20 heavy (non-hydrogen) atoms. The normalized spacial score (nSPS) is 32.4. The van der Waals surface area contributed by atoms with Gasteiger partial charge in [0.25, 0.3) is 0 Å². The zero-order chi connectivity index (χ0) is 15.0. The first-order valence-corrected chi connectivity index (χ1v) is 10.4. The predicted molar refractivity (Wildman–Crippen MR) is 76.6 cm³/mol. The molecule has 0 spiro atoms. The summed E-state index contributed by atoms with van der Waals surface area (Å²) in [5, 5.41) is 9.35.